The molecule has 0 spiro atoms. The second kappa shape index (κ2) is 7.41. The molecule has 1 N–H and O–H groups in total. The fourth-order valence-electron chi connectivity index (χ4n) is 1.80. The van der Waals surface area contributed by atoms with Crippen molar-refractivity contribution in [1.29, 1.82) is 0 Å². The van der Waals surface area contributed by atoms with Crippen molar-refractivity contribution in [3.05, 3.63) is 18.0 Å². The van der Waals surface area contributed by atoms with E-state index in [0.29, 0.717) is 0 Å². The predicted octanol–water partition coefficient (Wildman–Crippen LogP) is 1.24. The van der Waals surface area contributed by atoms with E-state index in [1.54, 1.807) is 0 Å². The molecule has 1 aromatic rings. The molecule has 0 radical (unpaired) electrons. The van der Waals surface area contributed by atoms with Crippen LogP contribution in [0.4, 0.5) is 0 Å². The number of rotatable bonds is 8. The van der Waals surface area contributed by atoms with Gasteiger partial charge in [-0.2, -0.15) is 5.10 Å². The molecule has 0 amide bonds. The second-order valence-electron chi connectivity index (χ2n) is 4.42. The van der Waals surface area contributed by atoms with E-state index in [0.717, 1.165) is 13.1 Å². The summed E-state index contributed by atoms with van der Waals surface area (Å²) in [6, 6.07) is 0. The number of unbranched alkanes of at least 4 members (excludes halogenated alkanes) is 2. The van der Waals surface area contributed by atoms with Gasteiger partial charge in [-0.15, -0.1) is 0 Å². The fourth-order valence-corrected chi connectivity index (χ4v) is 1.80. The summed E-state index contributed by atoms with van der Waals surface area (Å²) in [5, 5.41) is 7.35. The summed E-state index contributed by atoms with van der Waals surface area (Å²) in [7, 11) is 6.14. The van der Waals surface area contributed by atoms with Gasteiger partial charge < -0.3 is 10.2 Å². The molecule has 1 heterocycles. The molecule has 0 saturated carbocycles. The van der Waals surface area contributed by atoms with Crippen LogP contribution in [0.3, 0.4) is 0 Å². The Morgan fingerprint density at radius 3 is 2.81 bits per heavy atom. The minimum atomic E-state index is 1.000. The average molecular weight is 224 g/mol. The zero-order valence-corrected chi connectivity index (χ0v) is 10.7. The van der Waals surface area contributed by atoms with Crippen LogP contribution in [0.2, 0.25) is 0 Å². The Bertz CT molecular complexity index is 282. The molecule has 16 heavy (non-hydrogen) atoms. The number of nitrogens with one attached hydrogen (secondary N) is 1. The van der Waals surface area contributed by atoms with Gasteiger partial charge in [-0.25, -0.2) is 0 Å². The van der Waals surface area contributed by atoms with Crippen molar-refractivity contribution < 1.29 is 0 Å². The quantitative estimate of drug-likeness (QED) is 0.675. The van der Waals surface area contributed by atoms with Crippen LogP contribution in [0, 0.1) is 0 Å². The highest BCUT2D eigenvalue weighted by molar-refractivity contribution is 5.02. The highest BCUT2D eigenvalue weighted by atomic mass is 15.2. The fraction of sp³-hybridized carbons (Fsp3) is 0.750. The Balaban J connectivity index is 2.09. The van der Waals surface area contributed by atoms with E-state index in [2.05, 4.69) is 28.6 Å². The SMILES string of the molecule is CNCCCCCN(C)Cc1cnn(C)c1. The van der Waals surface area contributed by atoms with Gasteiger partial charge in [0.05, 0.1) is 6.20 Å². The van der Waals surface area contributed by atoms with Gasteiger partial charge in [0.2, 0.25) is 0 Å². The highest BCUT2D eigenvalue weighted by Crippen LogP contribution is 2.03. The number of nitrogens with zero attached hydrogens (tertiary/aromatic N) is 3. The van der Waals surface area contributed by atoms with Gasteiger partial charge in [-0.1, -0.05) is 6.42 Å². The van der Waals surface area contributed by atoms with E-state index >= 15 is 0 Å². The molecule has 4 nitrogen and oxygen atoms in total. The van der Waals surface area contributed by atoms with Crippen LogP contribution >= 0.6 is 0 Å². The molecule has 0 aliphatic carbocycles. The standard InChI is InChI=1S/C12H24N4/c1-13-7-5-4-6-8-15(2)10-12-9-14-16(3)11-12/h9,11,13H,4-8,10H2,1-3H3. The van der Waals surface area contributed by atoms with Crippen LogP contribution in [-0.4, -0.2) is 41.9 Å². The molecule has 0 fully saturated rings. The third-order valence-corrected chi connectivity index (χ3v) is 2.68. The topological polar surface area (TPSA) is 33.1 Å². The first-order valence-corrected chi connectivity index (χ1v) is 6.03. The molecule has 0 saturated heterocycles. The molecule has 0 aliphatic heterocycles. The highest BCUT2D eigenvalue weighted by Gasteiger charge is 2.01. The number of aryl methyl sites for hydroxylation is 1. The molecule has 0 unspecified atom stereocenters. The zero-order chi connectivity index (χ0) is 11.8. The monoisotopic (exact) mass is 224 g/mol. The summed E-state index contributed by atoms with van der Waals surface area (Å²) >= 11 is 0. The van der Waals surface area contributed by atoms with Crippen LogP contribution in [0.15, 0.2) is 12.4 Å². The largest absolute Gasteiger partial charge is 0.320 e. The second-order valence-corrected chi connectivity index (χ2v) is 4.42. The molecule has 92 valence electrons. The summed E-state index contributed by atoms with van der Waals surface area (Å²) in [6.45, 7) is 3.30. The number of aromatic nitrogens is 2. The van der Waals surface area contributed by atoms with Crippen LogP contribution in [0.1, 0.15) is 24.8 Å². The average Bonchev–Trinajstić information content (AvgIpc) is 2.63. The summed E-state index contributed by atoms with van der Waals surface area (Å²) in [6.07, 6.45) is 7.88. The first kappa shape index (κ1) is 13.2. The molecule has 4 heteroatoms. The molecule has 0 aromatic carbocycles. The first-order chi connectivity index (χ1) is 7.72. The molecular weight excluding hydrogens is 200 g/mol. The smallest absolute Gasteiger partial charge is 0.0534 e. The lowest BCUT2D eigenvalue weighted by molar-refractivity contribution is 0.317. The summed E-state index contributed by atoms with van der Waals surface area (Å²) < 4.78 is 1.86. The minimum Gasteiger partial charge on any atom is -0.320 e. The Morgan fingerprint density at radius 1 is 1.38 bits per heavy atom. The van der Waals surface area contributed by atoms with E-state index in [1.807, 2.05) is 25.0 Å². The molecular formula is C12H24N4. The molecule has 0 aliphatic rings. The summed E-state index contributed by atoms with van der Waals surface area (Å²) in [5.74, 6) is 0. The number of hydrogen-bond acceptors (Lipinski definition) is 3. The van der Waals surface area contributed by atoms with Crippen molar-refractivity contribution in [2.75, 3.05) is 27.2 Å². The van der Waals surface area contributed by atoms with Crippen molar-refractivity contribution in [3.8, 4) is 0 Å². The van der Waals surface area contributed by atoms with Crippen LogP contribution in [0.25, 0.3) is 0 Å². The van der Waals surface area contributed by atoms with Gasteiger partial charge in [0.1, 0.15) is 0 Å². The van der Waals surface area contributed by atoms with Crippen molar-refractivity contribution in [1.82, 2.24) is 20.0 Å². The molecule has 1 rings (SSSR count). The maximum absolute atomic E-state index is 4.17. The van der Waals surface area contributed by atoms with Gasteiger partial charge in [0, 0.05) is 25.4 Å². The van der Waals surface area contributed by atoms with Crippen molar-refractivity contribution in [3.63, 3.8) is 0 Å². The van der Waals surface area contributed by atoms with Gasteiger partial charge in [0.25, 0.3) is 0 Å². The van der Waals surface area contributed by atoms with Crippen molar-refractivity contribution in [2.24, 2.45) is 7.05 Å². The lowest BCUT2D eigenvalue weighted by Gasteiger charge is -2.15. The first-order valence-electron chi connectivity index (χ1n) is 6.03. The van der Waals surface area contributed by atoms with Crippen molar-refractivity contribution in [2.45, 2.75) is 25.8 Å². The van der Waals surface area contributed by atoms with Crippen LogP contribution < -0.4 is 5.32 Å². The minimum absolute atomic E-state index is 1.000. The van der Waals surface area contributed by atoms with Crippen molar-refractivity contribution >= 4 is 0 Å². The van der Waals surface area contributed by atoms with E-state index in [1.165, 1.54) is 31.4 Å². The zero-order valence-electron chi connectivity index (χ0n) is 10.7. The molecule has 1 aromatic heterocycles. The Morgan fingerprint density at radius 2 is 2.19 bits per heavy atom. The summed E-state index contributed by atoms with van der Waals surface area (Å²) in [4.78, 5) is 2.36. The lowest BCUT2D eigenvalue weighted by Crippen LogP contribution is -2.19. The predicted molar refractivity (Wildman–Crippen MR) is 67.3 cm³/mol. The van der Waals surface area contributed by atoms with E-state index in [9.17, 15) is 0 Å². The van der Waals surface area contributed by atoms with Crippen LogP contribution in [0.5, 0.6) is 0 Å². The van der Waals surface area contributed by atoms with E-state index in [4.69, 9.17) is 0 Å². The van der Waals surface area contributed by atoms with Gasteiger partial charge in [-0.05, 0) is 40.0 Å². The van der Waals surface area contributed by atoms with Gasteiger partial charge in [-0.3, -0.25) is 4.68 Å². The normalized spacial score (nSPS) is 11.2. The Labute approximate surface area is 98.6 Å². The third kappa shape index (κ3) is 5.28. The van der Waals surface area contributed by atoms with Gasteiger partial charge >= 0.3 is 0 Å². The maximum atomic E-state index is 4.17. The third-order valence-electron chi connectivity index (χ3n) is 2.68. The molecule has 0 bridgehead atoms. The maximum Gasteiger partial charge on any atom is 0.0534 e. The van der Waals surface area contributed by atoms with E-state index in [-0.39, 0.29) is 0 Å². The van der Waals surface area contributed by atoms with E-state index < -0.39 is 0 Å². The Hall–Kier alpha value is -0.870. The number of hydrogen-bond donors (Lipinski definition) is 1. The van der Waals surface area contributed by atoms with Gasteiger partial charge in [0.15, 0.2) is 0 Å². The Kier molecular flexibility index (Phi) is 6.11. The molecule has 0 atom stereocenters. The lowest BCUT2D eigenvalue weighted by atomic mass is 10.2. The van der Waals surface area contributed by atoms with Crippen LogP contribution in [-0.2, 0) is 13.6 Å². The summed E-state index contributed by atoms with van der Waals surface area (Å²) in [5.41, 5.74) is 1.29.